The molecule has 6 heteroatoms. The predicted octanol–water partition coefficient (Wildman–Crippen LogP) is 2.66. The molecule has 0 saturated carbocycles. The molecule has 3 rings (SSSR count). The van der Waals surface area contributed by atoms with Crippen molar-refractivity contribution in [1.82, 2.24) is 15.5 Å². The first-order valence-electron chi connectivity index (χ1n) is 7.22. The minimum atomic E-state index is 0.0930. The highest BCUT2D eigenvalue weighted by atomic mass is 16.5. The Kier molecular flexibility index (Phi) is 4.06. The van der Waals surface area contributed by atoms with E-state index < -0.39 is 0 Å². The van der Waals surface area contributed by atoms with E-state index >= 15 is 0 Å². The van der Waals surface area contributed by atoms with Crippen molar-refractivity contribution in [2.24, 2.45) is 0 Å². The number of nitrogens with zero attached hydrogens (tertiary/aromatic N) is 2. The molecule has 0 radical (unpaired) electrons. The molecule has 21 heavy (non-hydrogen) atoms. The van der Waals surface area contributed by atoms with Gasteiger partial charge < -0.3 is 19.7 Å². The molecule has 6 nitrogen and oxygen atoms in total. The average Bonchev–Trinajstić information content (AvgIpc) is 2.83. The van der Waals surface area contributed by atoms with E-state index in [1.807, 2.05) is 0 Å². The summed E-state index contributed by atoms with van der Waals surface area (Å²) in [5, 5.41) is 17.1. The number of methoxy groups -OCH3 is 1. The quantitative estimate of drug-likeness (QED) is 0.904. The van der Waals surface area contributed by atoms with Gasteiger partial charge in [0.2, 0.25) is 11.7 Å². The van der Waals surface area contributed by atoms with E-state index in [1.165, 1.54) is 26.4 Å². The van der Waals surface area contributed by atoms with Gasteiger partial charge in [-0.25, -0.2) is 0 Å². The summed E-state index contributed by atoms with van der Waals surface area (Å²) in [5.74, 6) is 1.62. The Morgan fingerprint density at radius 1 is 1.33 bits per heavy atom. The molecular weight excluding hydrogens is 270 g/mol. The van der Waals surface area contributed by atoms with Gasteiger partial charge in [-0.2, -0.15) is 4.98 Å². The first kappa shape index (κ1) is 13.9. The Bertz CT molecular complexity index is 604. The molecule has 0 amide bonds. The van der Waals surface area contributed by atoms with Crippen molar-refractivity contribution in [2.75, 3.05) is 13.7 Å². The van der Waals surface area contributed by atoms with Gasteiger partial charge in [0.05, 0.1) is 13.2 Å². The highest BCUT2D eigenvalue weighted by molar-refractivity contribution is 5.60. The zero-order chi connectivity index (χ0) is 14.7. The van der Waals surface area contributed by atoms with Crippen LogP contribution in [0.2, 0.25) is 0 Å². The Labute approximate surface area is 123 Å². The number of nitrogens with one attached hydrogen (secondary N) is 1. The summed E-state index contributed by atoms with van der Waals surface area (Å²) in [4.78, 5) is 4.47. The molecular formula is C15H19N3O3. The molecule has 0 bridgehead atoms. The molecule has 1 aromatic heterocycles. The Morgan fingerprint density at radius 2 is 2.24 bits per heavy atom. The normalized spacial score (nSPS) is 19.2. The van der Waals surface area contributed by atoms with E-state index in [4.69, 9.17) is 9.26 Å². The fourth-order valence-corrected chi connectivity index (χ4v) is 2.55. The van der Waals surface area contributed by atoms with Gasteiger partial charge in [0.1, 0.15) is 0 Å². The molecule has 0 aliphatic carbocycles. The molecule has 112 valence electrons. The highest BCUT2D eigenvalue weighted by Crippen LogP contribution is 2.31. The lowest BCUT2D eigenvalue weighted by molar-refractivity contribution is 0.327. The minimum Gasteiger partial charge on any atom is -0.504 e. The summed E-state index contributed by atoms with van der Waals surface area (Å²) in [5.41, 5.74) is 0.758. The van der Waals surface area contributed by atoms with Crippen molar-refractivity contribution >= 4 is 0 Å². The molecule has 1 aliphatic rings. The number of phenolic OH excluding ortho intramolecular Hbond substituents is 1. The Morgan fingerprint density at radius 3 is 3.10 bits per heavy atom. The topological polar surface area (TPSA) is 80.4 Å². The number of phenols is 1. The van der Waals surface area contributed by atoms with Gasteiger partial charge in [-0.05, 0) is 37.6 Å². The SMILES string of the molecule is COc1cc(-c2noc(C3CCCCCN3)n2)ccc1O. The number of ether oxygens (including phenoxy) is 1. The van der Waals surface area contributed by atoms with Crippen LogP contribution < -0.4 is 10.1 Å². The molecule has 2 N–H and O–H groups in total. The fourth-order valence-electron chi connectivity index (χ4n) is 2.55. The largest absolute Gasteiger partial charge is 0.504 e. The Hall–Kier alpha value is -2.08. The molecule has 1 unspecified atom stereocenters. The molecule has 1 saturated heterocycles. The van der Waals surface area contributed by atoms with Crippen LogP contribution in [0.4, 0.5) is 0 Å². The number of hydrogen-bond donors (Lipinski definition) is 2. The van der Waals surface area contributed by atoms with Crippen molar-refractivity contribution < 1.29 is 14.4 Å². The summed E-state index contributed by atoms with van der Waals surface area (Å²) < 4.78 is 10.5. The number of hydrogen-bond acceptors (Lipinski definition) is 6. The van der Waals surface area contributed by atoms with Crippen molar-refractivity contribution in [3.63, 3.8) is 0 Å². The Balaban J connectivity index is 1.84. The van der Waals surface area contributed by atoms with Crippen LogP contribution in [0.5, 0.6) is 11.5 Å². The lowest BCUT2D eigenvalue weighted by atomic mass is 10.1. The molecule has 1 aromatic carbocycles. The molecule has 1 fully saturated rings. The van der Waals surface area contributed by atoms with Crippen LogP contribution in [-0.4, -0.2) is 28.9 Å². The highest BCUT2D eigenvalue weighted by Gasteiger charge is 2.20. The van der Waals surface area contributed by atoms with Crippen molar-refractivity contribution in [2.45, 2.75) is 31.7 Å². The van der Waals surface area contributed by atoms with Gasteiger partial charge in [-0.1, -0.05) is 18.0 Å². The van der Waals surface area contributed by atoms with Gasteiger partial charge in [-0.3, -0.25) is 0 Å². The van der Waals surface area contributed by atoms with Crippen LogP contribution in [0.25, 0.3) is 11.4 Å². The summed E-state index contributed by atoms with van der Waals surface area (Å²) >= 11 is 0. The number of aromatic hydroxyl groups is 1. The second-order valence-corrected chi connectivity index (χ2v) is 5.20. The summed E-state index contributed by atoms with van der Waals surface area (Å²) in [6.45, 7) is 0.982. The lowest BCUT2D eigenvalue weighted by Crippen LogP contribution is -2.20. The lowest BCUT2D eigenvalue weighted by Gasteiger charge is -2.09. The summed E-state index contributed by atoms with van der Waals surface area (Å²) in [6.07, 6.45) is 4.61. The van der Waals surface area contributed by atoms with E-state index in [0.717, 1.165) is 18.5 Å². The van der Waals surface area contributed by atoms with Gasteiger partial charge in [0, 0.05) is 5.56 Å². The third-order valence-corrected chi connectivity index (χ3v) is 3.74. The standard InChI is InChI=1S/C15H19N3O3/c1-20-13-9-10(6-7-12(13)19)14-17-15(21-18-14)11-5-3-2-4-8-16-11/h6-7,9,11,16,19H,2-5,8H2,1H3. The maximum absolute atomic E-state index is 9.62. The molecule has 0 spiro atoms. The summed E-state index contributed by atoms with van der Waals surface area (Å²) in [7, 11) is 1.51. The zero-order valence-electron chi connectivity index (χ0n) is 12.0. The van der Waals surface area contributed by atoms with Crippen molar-refractivity contribution in [3.05, 3.63) is 24.1 Å². The fraction of sp³-hybridized carbons (Fsp3) is 0.467. The number of aromatic nitrogens is 2. The average molecular weight is 289 g/mol. The van der Waals surface area contributed by atoms with Crippen LogP contribution in [0.1, 0.15) is 37.6 Å². The third kappa shape index (κ3) is 3.00. The summed E-state index contributed by atoms with van der Waals surface area (Å²) in [6, 6.07) is 5.14. The predicted molar refractivity (Wildman–Crippen MR) is 77.2 cm³/mol. The van der Waals surface area contributed by atoms with Crippen molar-refractivity contribution in [1.29, 1.82) is 0 Å². The van der Waals surface area contributed by atoms with Crippen LogP contribution in [0.3, 0.4) is 0 Å². The van der Waals surface area contributed by atoms with E-state index in [-0.39, 0.29) is 11.8 Å². The third-order valence-electron chi connectivity index (χ3n) is 3.74. The maximum atomic E-state index is 9.62. The molecule has 2 aromatic rings. The number of rotatable bonds is 3. The first-order chi connectivity index (χ1) is 10.3. The first-order valence-corrected chi connectivity index (χ1v) is 7.22. The second kappa shape index (κ2) is 6.13. The monoisotopic (exact) mass is 289 g/mol. The minimum absolute atomic E-state index is 0.0930. The van der Waals surface area contributed by atoms with E-state index in [2.05, 4.69) is 15.5 Å². The van der Waals surface area contributed by atoms with Gasteiger partial charge in [0.25, 0.3) is 0 Å². The van der Waals surface area contributed by atoms with Crippen LogP contribution in [-0.2, 0) is 0 Å². The van der Waals surface area contributed by atoms with Gasteiger partial charge >= 0.3 is 0 Å². The van der Waals surface area contributed by atoms with E-state index in [0.29, 0.717) is 17.5 Å². The van der Waals surface area contributed by atoms with Gasteiger partial charge in [-0.15, -0.1) is 0 Å². The smallest absolute Gasteiger partial charge is 0.244 e. The molecule has 2 heterocycles. The van der Waals surface area contributed by atoms with Crippen LogP contribution in [0, 0.1) is 0 Å². The van der Waals surface area contributed by atoms with E-state index in [1.54, 1.807) is 18.2 Å². The van der Waals surface area contributed by atoms with E-state index in [9.17, 15) is 5.11 Å². The molecule has 1 aliphatic heterocycles. The number of benzene rings is 1. The van der Waals surface area contributed by atoms with Crippen LogP contribution >= 0.6 is 0 Å². The maximum Gasteiger partial charge on any atom is 0.244 e. The second-order valence-electron chi connectivity index (χ2n) is 5.20. The zero-order valence-corrected chi connectivity index (χ0v) is 12.0. The van der Waals surface area contributed by atoms with Crippen LogP contribution in [0.15, 0.2) is 22.7 Å². The van der Waals surface area contributed by atoms with Gasteiger partial charge in [0.15, 0.2) is 11.5 Å². The van der Waals surface area contributed by atoms with Crippen molar-refractivity contribution in [3.8, 4) is 22.9 Å². The molecule has 1 atom stereocenters.